The van der Waals surface area contributed by atoms with E-state index >= 15 is 0 Å². The number of aldehydes is 1. The zero-order chi connectivity index (χ0) is 11.5. The number of hydrogen-bond acceptors (Lipinski definition) is 4. The van der Waals surface area contributed by atoms with Gasteiger partial charge in [-0.1, -0.05) is 6.42 Å². The van der Waals surface area contributed by atoms with Crippen molar-refractivity contribution < 1.29 is 9.59 Å². The summed E-state index contributed by atoms with van der Waals surface area (Å²) in [5.74, 6) is -0.143. The maximum Gasteiger partial charge on any atom is 0.236 e. The number of nitrogens with one attached hydrogen (secondary N) is 1. The van der Waals surface area contributed by atoms with E-state index in [0.29, 0.717) is 25.9 Å². The number of rotatable bonds is 9. The van der Waals surface area contributed by atoms with E-state index in [1.54, 1.807) is 0 Å². The first-order valence-electron chi connectivity index (χ1n) is 5.39. The van der Waals surface area contributed by atoms with Crippen molar-refractivity contribution in [2.45, 2.75) is 38.1 Å². The Morgan fingerprint density at radius 3 is 2.67 bits per heavy atom. The summed E-state index contributed by atoms with van der Waals surface area (Å²) in [7, 11) is 0. The molecule has 0 unspecified atom stereocenters. The van der Waals surface area contributed by atoms with Crippen LogP contribution in [-0.2, 0) is 9.59 Å². The molecule has 0 aromatic carbocycles. The lowest BCUT2D eigenvalue weighted by Gasteiger charge is -2.10. The lowest BCUT2D eigenvalue weighted by molar-refractivity contribution is -0.122. The highest BCUT2D eigenvalue weighted by atomic mass is 16.2. The van der Waals surface area contributed by atoms with Gasteiger partial charge in [-0.2, -0.15) is 0 Å². The van der Waals surface area contributed by atoms with Crippen molar-refractivity contribution in [3.05, 3.63) is 0 Å². The van der Waals surface area contributed by atoms with Crippen LogP contribution >= 0.6 is 0 Å². The predicted octanol–water partition coefficient (Wildman–Crippen LogP) is -0.462. The molecule has 5 N–H and O–H groups in total. The Labute approximate surface area is 90.6 Å². The average molecular weight is 215 g/mol. The molecule has 15 heavy (non-hydrogen) atoms. The summed E-state index contributed by atoms with van der Waals surface area (Å²) >= 11 is 0. The Bertz CT molecular complexity index is 186. The largest absolute Gasteiger partial charge is 0.355 e. The van der Waals surface area contributed by atoms with Gasteiger partial charge in [-0.3, -0.25) is 4.79 Å². The van der Waals surface area contributed by atoms with E-state index in [1.807, 2.05) is 0 Å². The Morgan fingerprint density at radius 1 is 1.33 bits per heavy atom. The number of amides is 1. The molecule has 0 aliphatic carbocycles. The Kier molecular flexibility index (Phi) is 9.01. The fraction of sp³-hybridized carbons (Fsp3) is 0.800. The molecule has 88 valence electrons. The molecule has 0 saturated carbocycles. The highest BCUT2D eigenvalue weighted by Crippen LogP contribution is 1.96. The van der Waals surface area contributed by atoms with Gasteiger partial charge in [-0.05, 0) is 25.8 Å². The van der Waals surface area contributed by atoms with Gasteiger partial charge in [-0.15, -0.1) is 0 Å². The monoisotopic (exact) mass is 215 g/mol. The van der Waals surface area contributed by atoms with Crippen LogP contribution in [0, 0.1) is 0 Å². The van der Waals surface area contributed by atoms with E-state index in [-0.39, 0.29) is 5.91 Å². The molecule has 0 aliphatic rings. The van der Waals surface area contributed by atoms with Crippen molar-refractivity contribution >= 4 is 12.2 Å². The molecular formula is C10H21N3O2. The normalized spacial score (nSPS) is 12.1. The van der Waals surface area contributed by atoms with Gasteiger partial charge < -0.3 is 21.6 Å². The van der Waals surface area contributed by atoms with Crippen molar-refractivity contribution in [2.24, 2.45) is 11.5 Å². The van der Waals surface area contributed by atoms with Gasteiger partial charge in [-0.25, -0.2) is 0 Å². The fourth-order valence-electron chi connectivity index (χ4n) is 1.18. The molecule has 5 nitrogen and oxygen atoms in total. The van der Waals surface area contributed by atoms with Gasteiger partial charge in [0.05, 0.1) is 6.04 Å². The molecule has 0 rings (SSSR count). The van der Waals surface area contributed by atoms with Crippen molar-refractivity contribution in [3.8, 4) is 0 Å². The smallest absolute Gasteiger partial charge is 0.236 e. The molecule has 0 aliphatic heterocycles. The molecule has 0 aromatic rings. The first-order valence-corrected chi connectivity index (χ1v) is 5.39. The molecule has 0 saturated heterocycles. The predicted molar refractivity (Wildman–Crippen MR) is 59.2 cm³/mol. The second kappa shape index (κ2) is 9.61. The maximum absolute atomic E-state index is 11.3. The quantitative estimate of drug-likeness (QED) is 0.358. The first kappa shape index (κ1) is 14.1. The summed E-state index contributed by atoms with van der Waals surface area (Å²) in [6.07, 6.45) is 4.74. The molecule has 0 spiro atoms. The molecule has 0 aromatic heterocycles. The summed E-state index contributed by atoms with van der Waals surface area (Å²) in [5, 5.41) is 2.74. The van der Waals surface area contributed by atoms with Gasteiger partial charge in [0.2, 0.25) is 5.91 Å². The minimum atomic E-state index is -0.495. The van der Waals surface area contributed by atoms with Crippen LogP contribution < -0.4 is 16.8 Å². The third-order valence-corrected chi connectivity index (χ3v) is 2.11. The molecule has 0 bridgehead atoms. The number of nitrogens with two attached hydrogens (primary N) is 2. The summed E-state index contributed by atoms with van der Waals surface area (Å²) in [4.78, 5) is 21.3. The van der Waals surface area contributed by atoms with Crippen LogP contribution in [0.25, 0.3) is 0 Å². The summed E-state index contributed by atoms with van der Waals surface area (Å²) < 4.78 is 0. The molecule has 0 heterocycles. The highest BCUT2D eigenvalue weighted by Gasteiger charge is 2.10. The van der Waals surface area contributed by atoms with Gasteiger partial charge in [0, 0.05) is 13.0 Å². The molecule has 0 fully saturated rings. The molecule has 1 amide bonds. The van der Waals surface area contributed by atoms with Gasteiger partial charge >= 0.3 is 0 Å². The van der Waals surface area contributed by atoms with Gasteiger partial charge in [0.15, 0.2) is 0 Å². The van der Waals surface area contributed by atoms with Gasteiger partial charge in [0.1, 0.15) is 6.29 Å². The van der Waals surface area contributed by atoms with Crippen LogP contribution in [0.5, 0.6) is 0 Å². The number of unbranched alkanes of at least 4 members (excludes halogenated alkanes) is 3. The zero-order valence-corrected chi connectivity index (χ0v) is 9.08. The summed E-state index contributed by atoms with van der Waals surface area (Å²) in [6, 6.07) is -0.495. The minimum Gasteiger partial charge on any atom is -0.355 e. The second-order valence-corrected chi connectivity index (χ2v) is 3.49. The standard InChI is InChI=1S/C10H21N3O2/c11-6-5-9(12)10(15)13-7-3-1-2-4-8-14/h8-9H,1-7,11-12H2,(H,13,15)/t9-/m0/s1. The van der Waals surface area contributed by atoms with Crippen LogP contribution in [-0.4, -0.2) is 31.3 Å². The summed E-state index contributed by atoms with van der Waals surface area (Å²) in [5.41, 5.74) is 10.8. The molecule has 0 radical (unpaired) electrons. The Morgan fingerprint density at radius 2 is 2.07 bits per heavy atom. The third kappa shape index (κ3) is 8.08. The van der Waals surface area contributed by atoms with Crippen LogP contribution in [0.1, 0.15) is 32.1 Å². The maximum atomic E-state index is 11.3. The van der Waals surface area contributed by atoms with Gasteiger partial charge in [0.25, 0.3) is 0 Å². The number of carbonyl (C=O) groups excluding carboxylic acids is 2. The minimum absolute atomic E-state index is 0.143. The lowest BCUT2D eigenvalue weighted by atomic mass is 10.2. The number of hydrogen-bond donors (Lipinski definition) is 3. The van der Waals surface area contributed by atoms with E-state index in [1.165, 1.54) is 0 Å². The van der Waals surface area contributed by atoms with Crippen LogP contribution in [0.4, 0.5) is 0 Å². The highest BCUT2D eigenvalue weighted by molar-refractivity contribution is 5.81. The third-order valence-electron chi connectivity index (χ3n) is 2.11. The second-order valence-electron chi connectivity index (χ2n) is 3.49. The zero-order valence-electron chi connectivity index (χ0n) is 9.08. The molecular weight excluding hydrogens is 194 g/mol. The summed E-state index contributed by atoms with van der Waals surface area (Å²) in [6.45, 7) is 1.05. The Hall–Kier alpha value is -0.940. The topological polar surface area (TPSA) is 98.2 Å². The first-order chi connectivity index (χ1) is 7.22. The average Bonchev–Trinajstić information content (AvgIpc) is 2.23. The number of carbonyl (C=O) groups is 2. The van der Waals surface area contributed by atoms with Crippen LogP contribution in [0.2, 0.25) is 0 Å². The van der Waals surface area contributed by atoms with E-state index in [0.717, 1.165) is 25.5 Å². The SMILES string of the molecule is NCC[C@H](N)C(=O)NCCCCCC=O. The van der Waals surface area contributed by atoms with Crippen molar-refractivity contribution in [1.82, 2.24) is 5.32 Å². The van der Waals surface area contributed by atoms with Crippen molar-refractivity contribution in [2.75, 3.05) is 13.1 Å². The Balaban J connectivity index is 3.34. The van der Waals surface area contributed by atoms with E-state index < -0.39 is 6.04 Å². The fourth-order valence-corrected chi connectivity index (χ4v) is 1.18. The molecule has 1 atom stereocenters. The van der Waals surface area contributed by atoms with E-state index in [2.05, 4.69) is 5.32 Å². The van der Waals surface area contributed by atoms with Crippen molar-refractivity contribution in [1.29, 1.82) is 0 Å². The lowest BCUT2D eigenvalue weighted by Crippen LogP contribution is -2.42. The van der Waals surface area contributed by atoms with Crippen molar-refractivity contribution in [3.63, 3.8) is 0 Å². The van der Waals surface area contributed by atoms with E-state index in [9.17, 15) is 9.59 Å². The van der Waals surface area contributed by atoms with Crippen LogP contribution in [0.15, 0.2) is 0 Å². The molecule has 5 heteroatoms. The van der Waals surface area contributed by atoms with Crippen LogP contribution in [0.3, 0.4) is 0 Å². The van der Waals surface area contributed by atoms with E-state index in [4.69, 9.17) is 11.5 Å².